The first-order valence-electron chi connectivity index (χ1n) is 7.93. The molecule has 7 heteroatoms. The summed E-state index contributed by atoms with van der Waals surface area (Å²) in [7, 11) is 0. The Morgan fingerprint density at radius 2 is 1.96 bits per heavy atom. The maximum Gasteiger partial charge on any atom is 0.258 e. The first-order chi connectivity index (χ1) is 12.1. The van der Waals surface area contributed by atoms with Crippen molar-refractivity contribution in [2.24, 2.45) is 5.73 Å². The third-order valence-electron chi connectivity index (χ3n) is 4.14. The van der Waals surface area contributed by atoms with Crippen LogP contribution in [0.5, 0.6) is 5.75 Å². The maximum absolute atomic E-state index is 13.1. The SMILES string of the molecule is Cl.NC/C(=C/F)COc1ccc2c(c1)CCN(c1ccc(F)cc1)C2=O. The number of carbonyl (C=O) groups is 1. The van der Waals surface area contributed by atoms with Crippen molar-refractivity contribution in [3.05, 3.63) is 71.3 Å². The Labute approximate surface area is 156 Å². The van der Waals surface area contributed by atoms with Gasteiger partial charge < -0.3 is 15.4 Å². The van der Waals surface area contributed by atoms with Gasteiger partial charge >= 0.3 is 0 Å². The second kappa shape index (κ2) is 8.78. The summed E-state index contributed by atoms with van der Waals surface area (Å²) in [5.41, 5.74) is 7.88. The number of fused-ring (bicyclic) bond motifs is 1. The summed E-state index contributed by atoms with van der Waals surface area (Å²) in [4.78, 5) is 14.3. The van der Waals surface area contributed by atoms with E-state index in [4.69, 9.17) is 10.5 Å². The van der Waals surface area contributed by atoms with Crippen LogP contribution in [0.25, 0.3) is 0 Å². The molecule has 2 aromatic carbocycles. The predicted octanol–water partition coefficient (Wildman–Crippen LogP) is 3.64. The molecule has 0 bridgehead atoms. The molecule has 2 aromatic rings. The molecule has 4 nitrogen and oxygen atoms in total. The molecule has 0 spiro atoms. The summed E-state index contributed by atoms with van der Waals surface area (Å²) in [6, 6.07) is 11.0. The lowest BCUT2D eigenvalue weighted by Crippen LogP contribution is -2.37. The van der Waals surface area contributed by atoms with E-state index in [2.05, 4.69) is 0 Å². The van der Waals surface area contributed by atoms with Crippen LogP contribution in [0.15, 0.2) is 54.4 Å². The highest BCUT2D eigenvalue weighted by Gasteiger charge is 2.25. The number of halogens is 3. The summed E-state index contributed by atoms with van der Waals surface area (Å²) in [6.45, 7) is 0.660. The lowest BCUT2D eigenvalue weighted by Gasteiger charge is -2.29. The van der Waals surface area contributed by atoms with Gasteiger partial charge in [-0.15, -0.1) is 12.4 Å². The summed E-state index contributed by atoms with van der Waals surface area (Å²) in [5, 5.41) is 0. The van der Waals surface area contributed by atoms with E-state index in [0.29, 0.717) is 41.9 Å². The van der Waals surface area contributed by atoms with E-state index in [1.807, 2.05) is 0 Å². The number of rotatable bonds is 5. The van der Waals surface area contributed by atoms with Crippen LogP contribution in [0, 0.1) is 5.82 Å². The molecule has 1 aliphatic rings. The topological polar surface area (TPSA) is 55.6 Å². The molecule has 0 aliphatic carbocycles. The molecule has 1 amide bonds. The summed E-state index contributed by atoms with van der Waals surface area (Å²) in [5.74, 6) is 0.0925. The number of nitrogens with zero attached hydrogens (tertiary/aromatic N) is 1. The number of nitrogens with two attached hydrogens (primary N) is 1. The molecule has 26 heavy (non-hydrogen) atoms. The number of anilines is 1. The number of ether oxygens (including phenoxy) is 1. The van der Waals surface area contributed by atoms with Crippen LogP contribution >= 0.6 is 12.4 Å². The van der Waals surface area contributed by atoms with Gasteiger partial charge in [0.15, 0.2) is 0 Å². The maximum atomic E-state index is 13.1. The van der Waals surface area contributed by atoms with Crippen LogP contribution < -0.4 is 15.4 Å². The molecule has 138 valence electrons. The normalized spacial score (nSPS) is 13.9. The Bertz CT molecular complexity index is 810. The van der Waals surface area contributed by atoms with Crippen molar-refractivity contribution in [2.45, 2.75) is 6.42 Å². The summed E-state index contributed by atoms with van der Waals surface area (Å²) >= 11 is 0. The van der Waals surface area contributed by atoms with Gasteiger partial charge in [-0.3, -0.25) is 4.79 Å². The van der Waals surface area contributed by atoms with Gasteiger partial charge in [-0.25, -0.2) is 8.78 Å². The average Bonchev–Trinajstić information content (AvgIpc) is 2.64. The van der Waals surface area contributed by atoms with Gasteiger partial charge in [-0.1, -0.05) is 0 Å². The lowest BCUT2D eigenvalue weighted by molar-refractivity contribution is 0.0980. The molecule has 0 atom stereocenters. The van der Waals surface area contributed by atoms with Gasteiger partial charge in [0.05, 0.1) is 6.33 Å². The Morgan fingerprint density at radius 1 is 1.23 bits per heavy atom. The molecule has 3 rings (SSSR count). The molecule has 1 heterocycles. The van der Waals surface area contributed by atoms with Crippen LogP contribution in [0.2, 0.25) is 0 Å². The fourth-order valence-corrected chi connectivity index (χ4v) is 2.73. The van der Waals surface area contributed by atoms with Crippen LogP contribution in [-0.2, 0) is 6.42 Å². The smallest absolute Gasteiger partial charge is 0.258 e. The van der Waals surface area contributed by atoms with Crippen molar-refractivity contribution in [1.82, 2.24) is 0 Å². The summed E-state index contributed by atoms with van der Waals surface area (Å²) in [6.07, 6.45) is 1.10. The van der Waals surface area contributed by atoms with Crippen LogP contribution in [-0.4, -0.2) is 25.6 Å². The molecular formula is C19H19ClF2N2O2. The van der Waals surface area contributed by atoms with E-state index in [0.717, 1.165) is 5.56 Å². The monoisotopic (exact) mass is 380 g/mol. The van der Waals surface area contributed by atoms with Crippen molar-refractivity contribution in [3.8, 4) is 5.75 Å². The van der Waals surface area contributed by atoms with Crippen molar-refractivity contribution in [1.29, 1.82) is 0 Å². The van der Waals surface area contributed by atoms with Gasteiger partial charge in [0.1, 0.15) is 18.2 Å². The molecule has 0 unspecified atom stereocenters. The quantitative estimate of drug-likeness (QED) is 0.861. The van der Waals surface area contributed by atoms with Gasteiger partial charge in [0, 0.05) is 29.9 Å². The highest BCUT2D eigenvalue weighted by Crippen LogP contribution is 2.27. The first kappa shape index (κ1) is 19.9. The average molecular weight is 381 g/mol. The van der Waals surface area contributed by atoms with E-state index in [1.54, 1.807) is 35.2 Å². The molecule has 0 fully saturated rings. The van der Waals surface area contributed by atoms with Crippen molar-refractivity contribution in [2.75, 3.05) is 24.6 Å². The highest BCUT2D eigenvalue weighted by atomic mass is 35.5. The predicted molar refractivity (Wildman–Crippen MR) is 99.2 cm³/mol. The van der Waals surface area contributed by atoms with Crippen LogP contribution in [0.3, 0.4) is 0 Å². The van der Waals surface area contributed by atoms with Gasteiger partial charge in [-0.2, -0.15) is 0 Å². The molecule has 0 saturated carbocycles. The Morgan fingerprint density at radius 3 is 2.62 bits per heavy atom. The van der Waals surface area contributed by atoms with E-state index in [-0.39, 0.29) is 37.3 Å². The minimum absolute atomic E-state index is 0. The third kappa shape index (κ3) is 4.20. The zero-order chi connectivity index (χ0) is 17.8. The van der Waals surface area contributed by atoms with E-state index in [1.165, 1.54) is 12.1 Å². The third-order valence-corrected chi connectivity index (χ3v) is 4.14. The number of amides is 1. The molecule has 1 aliphatic heterocycles. The van der Waals surface area contributed by atoms with Gasteiger partial charge in [0.25, 0.3) is 5.91 Å². The molecule has 0 aromatic heterocycles. The van der Waals surface area contributed by atoms with E-state index in [9.17, 15) is 13.6 Å². The minimum atomic E-state index is -0.338. The zero-order valence-electron chi connectivity index (χ0n) is 14.0. The lowest BCUT2D eigenvalue weighted by atomic mass is 9.98. The highest BCUT2D eigenvalue weighted by molar-refractivity contribution is 6.08. The van der Waals surface area contributed by atoms with Crippen LogP contribution in [0.4, 0.5) is 14.5 Å². The molecule has 2 N–H and O–H groups in total. The van der Waals surface area contributed by atoms with E-state index >= 15 is 0 Å². The summed E-state index contributed by atoms with van der Waals surface area (Å²) < 4.78 is 31.1. The number of hydrogen-bond acceptors (Lipinski definition) is 3. The van der Waals surface area contributed by atoms with Crippen molar-refractivity contribution >= 4 is 24.0 Å². The largest absolute Gasteiger partial charge is 0.489 e. The fourth-order valence-electron chi connectivity index (χ4n) is 2.73. The molecule has 0 radical (unpaired) electrons. The second-order valence-electron chi connectivity index (χ2n) is 5.76. The van der Waals surface area contributed by atoms with Crippen molar-refractivity contribution in [3.63, 3.8) is 0 Å². The van der Waals surface area contributed by atoms with Crippen LogP contribution in [0.1, 0.15) is 15.9 Å². The number of benzene rings is 2. The van der Waals surface area contributed by atoms with Gasteiger partial charge in [-0.05, 0) is 54.4 Å². The molecular weight excluding hydrogens is 362 g/mol. The molecule has 0 saturated heterocycles. The van der Waals surface area contributed by atoms with Gasteiger partial charge in [0.2, 0.25) is 0 Å². The van der Waals surface area contributed by atoms with Crippen molar-refractivity contribution < 1.29 is 18.3 Å². The fraction of sp³-hybridized carbons (Fsp3) is 0.211. The Balaban J connectivity index is 0.00000243. The minimum Gasteiger partial charge on any atom is -0.489 e. The standard InChI is InChI=1S/C19H18F2N2O2.ClH/c20-10-13(11-22)12-25-17-5-6-18-14(9-17)7-8-23(19(18)24)16-3-1-15(21)2-4-16;/h1-6,9-10H,7-8,11-12,22H2;1H/b13-10-;. The second-order valence-corrected chi connectivity index (χ2v) is 5.76. The zero-order valence-corrected chi connectivity index (χ0v) is 14.8. The number of carbonyl (C=O) groups excluding carboxylic acids is 1. The van der Waals surface area contributed by atoms with E-state index < -0.39 is 0 Å². The Kier molecular flexibility index (Phi) is 6.71. The number of hydrogen-bond donors (Lipinski definition) is 1. The first-order valence-corrected chi connectivity index (χ1v) is 7.93. The Hall–Kier alpha value is -2.44.